The predicted octanol–water partition coefficient (Wildman–Crippen LogP) is 4.88. The van der Waals surface area contributed by atoms with E-state index in [0.29, 0.717) is 0 Å². The lowest BCUT2D eigenvalue weighted by atomic mass is 9.96. The van der Waals surface area contributed by atoms with E-state index in [1.54, 1.807) is 11.3 Å². The molecule has 0 aliphatic heterocycles. The molecule has 1 atom stereocenters. The molecule has 3 heteroatoms. The molecule has 19 heavy (non-hydrogen) atoms. The van der Waals surface area contributed by atoms with E-state index in [0.717, 1.165) is 33.9 Å². The van der Waals surface area contributed by atoms with Crippen LogP contribution in [0.25, 0.3) is 0 Å². The predicted molar refractivity (Wildman–Crippen MR) is 85.3 cm³/mol. The molecule has 1 aromatic carbocycles. The molecule has 0 aliphatic rings. The Labute approximate surface area is 124 Å². The summed E-state index contributed by atoms with van der Waals surface area (Å²) in [7, 11) is 0. The van der Waals surface area contributed by atoms with E-state index in [1.165, 1.54) is 11.1 Å². The number of halogens is 1. The molecular weight excluding hydrogens is 274 g/mol. The fraction of sp³-hybridized carbons (Fsp3) is 0.375. The Morgan fingerprint density at radius 1 is 1.21 bits per heavy atom. The summed E-state index contributed by atoms with van der Waals surface area (Å²) in [6, 6.07) is 6.44. The maximum Gasteiger partial charge on any atom is 0.0661 e. The van der Waals surface area contributed by atoms with Gasteiger partial charge in [-0.25, -0.2) is 0 Å². The number of thiophene rings is 1. The molecule has 1 unspecified atom stereocenters. The molecule has 1 aromatic heterocycles. The number of hydrogen-bond acceptors (Lipinski definition) is 2. The molecule has 0 radical (unpaired) electrons. The molecule has 2 aromatic rings. The van der Waals surface area contributed by atoms with Gasteiger partial charge in [-0.05, 0) is 47.4 Å². The van der Waals surface area contributed by atoms with E-state index in [1.807, 2.05) is 6.92 Å². The first-order valence-electron chi connectivity index (χ1n) is 6.69. The monoisotopic (exact) mass is 293 g/mol. The topological polar surface area (TPSA) is 26.0 Å². The van der Waals surface area contributed by atoms with E-state index in [-0.39, 0.29) is 6.04 Å². The average Bonchev–Trinajstić information content (AvgIpc) is 2.77. The summed E-state index contributed by atoms with van der Waals surface area (Å²) in [6.07, 6.45) is 2.11. The van der Waals surface area contributed by atoms with Crippen LogP contribution >= 0.6 is 22.9 Å². The quantitative estimate of drug-likeness (QED) is 0.854. The maximum atomic E-state index is 6.37. The summed E-state index contributed by atoms with van der Waals surface area (Å²) in [5.41, 5.74) is 11.4. The normalized spacial score (nSPS) is 12.7. The lowest BCUT2D eigenvalue weighted by Crippen LogP contribution is -2.11. The van der Waals surface area contributed by atoms with E-state index in [2.05, 4.69) is 37.4 Å². The van der Waals surface area contributed by atoms with Crippen LogP contribution in [0.4, 0.5) is 0 Å². The van der Waals surface area contributed by atoms with Gasteiger partial charge in [-0.2, -0.15) is 0 Å². The standard InChI is InChI=1S/C16H20ClNS/c1-4-11-6-7-13(8-12(11)5-2)15(18)16-14(17)10(3)9-19-16/h6-9,15H,4-5,18H2,1-3H3. The van der Waals surface area contributed by atoms with Crippen molar-refractivity contribution >= 4 is 22.9 Å². The van der Waals surface area contributed by atoms with Gasteiger partial charge in [-0.3, -0.25) is 0 Å². The molecule has 0 aliphatic carbocycles. The van der Waals surface area contributed by atoms with Gasteiger partial charge < -0.3 is 5.73 Å². The first-order valence-corrected chi connectivity index (χ1v) is 7.95. The highest BCUT2D eigenvalue weighted by molar-refractivity contribution is 7.10. The highest BCUT2D eigenvalue weighted by Crippen LogP contribution is 2.34. The van der Waals surface area contributed by atoms with E-state index in [9.17, 15) is 0 Å². The van der Waals surface area contributed by atoms with Crippen LogP contribution in [0, 0.1) is 6.92 Å². The molecule has 0 saturated carbocycles. The van der Waals surface area contributed by atoms with Crippen molar-refractivity contribution in [1.29, 1.82) is 0 Å². The van der Waals surface area contributed by atoms with E-state index >= 15 is 0 Å². The van der Waals surface area contributed by atoms with Crippen LogP contribution in [0.3, 0.4) is 0 Å². The number of aryl methyl sites for hydroxylation is 3. The average molecular weight is 294 g/mol. The second-order valence-corrected chi connectivity index (χ2v) is 6.10. The molecule has 2 rings (SSSR count). The van der Waals surface area contributed by atoms with Crippen molar-refractivity contribution in [1.82, 2.24) is 0 Å². The largest absolute Gasteiger partial charge is 0.320 e. The van der Waals surface area contributed by atoms with Crippen molar-refractivity contribution in [2.75, 3.05) is 0 Å². The first-order chi connectivity index (χ1) is 9.08. The molecular formula is C16H20ClNS. The number of nitrogens with two attached hydrogens (primary N) is 1. The highest BCUT2D eigenvalue weighted by atomic mass is 35.5. The summed E-state index contributed by atoms with van der Waals surface area (Å²) in [4.78, 5) is 1.06. The lowest BCUT2D eigenvalue weighted by Gasteiger charge is -2.14. The number of benzene rings is 1. The van der Waals surface area contributed by atoms with Gasteiger partial charge in [0.05, 0.1) is 11.1 Å². The van der Waals surface area contributed by atoms with Gasteiger partial charge in [0.2, 0.25) is 0 Å². The zero-order valence-corrected chi connectivity index (χ0v) is 13.2. The smallest absolute Gasteiger partial charge is 0.0661 e. The second-order valence-electron chi connectivity index (χ2n) is 4.81. The highest BCUT2D eigenvalue weighted by Gasteiger charge is 2.16. The zero-order chi connectivity index (χ0) is 14.0. The van der Waals surface area contributed by atoms with Gasteiger partial charge in [0, 0.05) is 4.88 Å². The maximum absolute atomic E-state index is 6.37. The Morgan fingerprint density at radius 2 is 1.89 bits per heavy atom. The summed E-state index contributed by atoms with van der Waals surface area (Å²) in [6.45, 7) is 6.40. The third kappa shape index (κ3) is 2.86. The molecule has 102 valence electrons. The van der Waals surface area contributed by atoms with Crippen LogP contribution in [0.15, 0.2) is 23.6 Å². The van der Waals surface area contributed by atoms with Crippen molar-refractivity contribution in [3.8, 4) is 0 Å². The van der Waals surface area contributed by atoms with E-state index in [4.69, 9.17) is 17.3 Å². The Kier molecular flexibility index (Phi) is 4.67. The minimum atomic E-state index is -0.123. The summed E-state index contributed by atoms with van der Waals surface area (Å²) in [5.74, 6) is 0. The Bertz CT molecular complexity index is 574. The lowest BCUT2D eigenvalue weighted by molar-refractivity contribution is 0.882. The third-order valence-corrected chi connectivity index (χ3v) is 5.36. The minimum absolute atomic E-state index is 0.123. The van der Waals surface area contributed by atoms with Gasteiger partial charge in [0.15, 0.2) is 0 Å². The fourth-order valence-corrected chi connectivity index (χ4v) is 3.66. The van der Waals surface area contributed by atoms with Crippen LogP contribution in [0.5, 0.6) is 0 Å². The van der Waals surface area contributed by atoms with Crippen molar-refractivity contribution in [3.63, 3.8) is 0 Å². The molecule has 2 N–H and O–H groups in total. The Hall–Kier alpha value is -0.830. The van der Waals surface area contributed by atoms with Crippen LogP contribution in [0.2, 0.25) is 5.02 Å². The van der Waals surface area contributed by atoms with E-state index < -0.39 is 0 Å². The Morgan fingerprint density at radius 3 is 2.42 bits per heavy atom. The van der Waals surface area contributed by atoms with Crippen LogP contribution in [-0.4, -0.2) is 0 Å². The molecule has 0 fully saturated rings. The minimum Gasteiger partial charge on any atom is -0.320 e. The molecule has 0 saturated heterocycles. The summed E-state index contributed by atoms with van der Waals surface area (Å²) >= 11 is 7.96. The van der Waals surface area contributed by atoms with Crippen molar-refractivity contribution in [2.45, 2.75) is 39.7 Å². The molecule has 0 amide bonds. The molecule has 0 spiro atoms. The van der Waals surface area contributed by atoms with Gasteiger partial charge in [-0.1, -0.05) is 43.6 Å². The van der Waals surface area contributed by atoms with Crippen molar-refractivity contribution < 1.29 is 0 Å². The number of rotatable bonds is 4. The first kappa shape index (κ1) is 14.6. The van der Waals surface area contributed by atoms with Crippen LogP contribution in [0.1, 0.15) is 47.0 Å². The zero-order valence-electron chi connectivity index (χ0n) is 11.7. The van der Waals surface area contributed by atoms with Gasteiger partial charge in [-0.15, -0.1) is 11.3 Å². The Balaban J connectivity index is 2.39. The molecule has 1 heterocycles. The summed E-state index contributed by atoms with van der Waals surface area (Å²) < 4.78 is 0. The van der Waals surface area contributed by atoms with Crippen molar-refractivity contribution in [3.05, 3.63) is 55.7 Å². The van der Waals surface area contributed by atoms with Gasteiger partial charge in [0.1, 0.15) is 0 Å². The second kappa shape index (κ2) is 6.08. The third-order valence-electron chi connectivity index (χ3n) is 3.56. The van der Waals surface area contributed by atoms with Crippen molar-refractivity contribution in [2.24, 2.45) is 5.73 Å². The molecule has 1 nitrogen and oxygen atoms in total. The number of hydrogen-bond donors (Lipinski definition) is 1. The summed E-state index contributed by atoms with van der Waals surface area (Å²) in [5, 5.41) is 2.88. The van der Waals surface area contributed by atoms with Gasteiger partial charge in [0.25, 0.3) is 0 Å². The SMILES string of the molecule is CCc1ccc(C(N)c2scc(C)c2Cl)cc1CC. The van der Waals surface area contributed by atoms with Crippen LogP contribution in [-0.2, 0) is 12.8 Å². The van der Waals surface area contributed by atoms with Crippen LogP contribution < -0.4 is 5.73 Å². The molecule has 0 bridgehead atoms. The van der Waals surface area contributed by atoms with Gasteiger partial charge >= 0.3 is 0 Å². The fourth-order valence-electron chi connectivity index (χ4n) is 2.32.